The zero-order valence-electron chi connectivity index (χ0n) is 16.0. The fourth-order valence-corrected chi connectivity index (χ4v) is 3.97. The van der Waals surface area contributed by atoms with E-state index in [2.05, 4.69) is 62.6 Å². The Bertz CT molecular complexity index is 1070. The summed E-state index contributed by atoms with van der Waals surface area (Å²) in [6, 6.07) is 8.68. The summed E-state index contributed by atoms with van der Waals surface area (Å²) in [6.07, 6.45) is 8.08. The van der Waals surface area contributed by atoms with Gasteiger partial charge in [-0.05, 0) is 30.0 Å². The highest BCUT2D eigenvalue weighted by atomic mass is 32.2. The van der Waals surface area contributed by atoms with Gasteiger partial charge in [0.2, 0.25) is 0 Å². The van der Waals surface area contributed by atoms with Gasteiger partial charge in [0.15, 0.2) is 16.6 Å². The minimum atomic E-state index is 0.420. The molecule has 2 N–H and O–H groups in total. The summed E-state index contributed by atoms with van der Waals surface area (Å²) in [4.78, 5) is 17.1. The number of hydrogen-bond donors (Lipinski definition) is 1. The van der Waals surface area contributed by atoms with Crippen molar-refractivity contribution < 1.29 is 0 Å². The first-order valence-corrected chi connectivity index (χ1v) is 10.3. The molecule has 0 unspecified atom stereocenters. The highest BCUT2D eigenvalue weighted by molar-refractivity contribution is 7.99. The number of nitrogen functional groups attached to an aromatic ring is 1. The maximum atomic E-state index is 5.84. The summed E-state index contributed by atoms with van der Waals surface area (Å²) in [5.41, 5.74) is 9.77. The number of aromatic nitrogens is 6. The van der Waals surface area contributed by atoms with E-state index in [0.29, 0.717) is 17.3 Å². The van der Waals surface area contributed by atoms with Gasteiger partial charge in [-0.2, -0.15) is 0 Å². The molecule has 0 fully saturated rings. The van der Waals surface area contributed by atoms with E-state index < -0.39 is 0 Å². The number of imidazole rings is 2. The molecule has 4 aromatic rings. The van der Waals surface area contributed by atoms with Crippen LogP contribution in [0.25, 0.3) is 16.9 Å². The van der Waals surface area contributed by atoms with E-state index >= 15 is 0 Å². The lowest BCUT2D eigenvalue weighted by Gasteiger charge is -2.10. The van der Waals surface area contributed by atoms with E-state index in [1.807, 2.05) is 17.0 Å². The fraction of sp³-hybridized carbons (Fsp3) is 0.300. The van der Waals surface area contributed by atoms with Crippen LogP contribution in [0.4, 0.5) is 5.82 Å². The van der Waals surface area contributed by atoms with Crippen LogP contribution >= 0.6 is 11.8 Å². The van der Waals surface area contributed by atoms with Gasteiger partial charge in [-0.3, -0.25) is 4.57 Å². The molecule has 3 aromatic heterocycles. The molecule has 0 aliphatic rings. The van der Waals surface area contributed by atoms with E-state index in [9.17, 15) is 0 Å². The van der Waals surface area contributed by atoms with Gasteiger partial charge >= 0.3 is 0 Å². The van der Waals surface area contributed by atoms with Gasteiger partial charge in [-0.1, -0.05) is 37.7 Å². The summed E-state index contributed by atoms with van der Waals surface area (Å²) < 4.78 is 4.15. The molecular formula is C20H23N7S. The Morgan fingerprint density at radius 3 is 2.68 bits per heavy atom. The van der Waals surface area contributed by atoms with Crippen molar-refractivity contribution in [3.63, 3.8) is 0 Å². The van der Waals surface area contributed by atoms with Gasteiger partial charge in [0.25, 0.3) is 0 Å². The Balaban J connectivity index is 1.38. The smallest absolute Gasteiger partial charge is 0.172 e. The lowest BCUT2D eigenvalue weighted by Crippen LogP contribution is -2.01. The summed E-state index contributed by atoms with van der Waals surface area (Å²) in [7, 11) is 0. The second-order valence-corrected chi connectivity index (χ2v) is 7.96. The predicted molar refractivity (Wildman–Crippen MR) is 113 cm³/mol. The van der Waals surface area contributed by atoms with Crippen LogP contribution in [0.1, 0.15) is 31.7 Å². The molecule has 0 atom stereocenters. The van der Waals surface area contributed by atoms with Crippen molar-refractivity contribution in [2.24, 2.45) is 0 Å². The number of anilines is 1. The van der Waals surface area contributed by atoms with Crippen molar-refractivity contribution in [1.29, 1.82) is 0 Å². The van der Waals surface area contributed by atoms with Crippen LogP contribution in [0.3, 0.4) is 0 Å². The Morgan fingerprint density at radius 2 is 1.89 bits per heavy atom. The van der Waals surface area contributed by atoms with E-state index in [1.54, 1.807) is 18.1 Å². The lowest BCUT2D eigenvalue weighted by molar-refractivity contribution is 0.695. The number of nitrogens with zero attached hydrogens (tertiary/aromatic N) is 6. The molecule has 0 aliphatic heterocycles. The Morgan fingerprint density at radius 1 is 1.07 bits per heavy atom. The van der Waals surface area contributed by atoms with Gasteiger partial charge in [0.05, 0.1) is 6.33 Å². The quantitative estimate of drug-likeness (QED) is 0.378. The second-order valence-electron chi connectivity index (χ2n) is 6.90. The van der Waals surface area contributed by atoms with E-state index in [0.717, 1.165) is 35.2 Å². The molecule has 0 aliphatic carbocycles. The fourth-order valence-electron chi connectivity index (χ4n) is 3.07. The molecule has 1 aromatic carbocycles. The van der Waals surface area contributed by atoms with Crippen LogP contribution in [0, 0.1) is 0 Å². The van der Waals surface area contributed by atoms with Crippen molar-refractivity contribution in [3.05, 3.63) is 54.9 Å². The molecule has 28 heavy (non-hydrogen) atoms. The lowest BCUT2D eigenvalue weighted by atomic mass is 10.0. The van der Waals surface area contributed by atoms with Crippen LogP contribution < -0.4 is 5.73 Å². The zero-order valence-corrected chi connectivity index (χ0v) is 16.8. The molecule has 0 radical (unpaired) electrons. The number of thioether (sulfide) groups is 1. The molecule has 3 heterocycles. The maximum absolute atomic E-state index is 5.84. The molecule has 8 heteroatoms. The average molecular weight is 394 g/mol. The molecule has 4 rings (SSSR count). The minimum Gasteiger partial charge on any atom is -0.382 e. The maximum Gasteiger partial charge on any atom is 0.172 e. The van der Waals surface area contributed by atoms with Crippen molar-refractivity contribution in [1.82, 2.24) is 29.1 Å². The third kappa shape index (κ3) is 3.73. The van der Waals surface area contributed by atoms with Gasteiger partial charge in [-0.15, -0.1) is 0 Å². The van der Waals surface area contributed by atoms with Crippen LogP contribution in [0.5, 0.6) is 0 Å². The zero-order chi connectivity index (χ0) is 19.5. The predicted octanol–water partition coefficient (Wildman–Crippen LogP) is 3.90. The highest BCUT2D eigenvalue weighted by Crippen LogP contribution is 2.23. The molecular weight excluding hydrogens is 370 g/mol. The number of nitrogens with two attached hydrogens (primary N) is 1. The molecule has 0 spiro atoms. The Kier molecular flexibility index (Phi) is 5.29. The van der Waals surface area contributed by atoms with E-state index in [-0.39, 0.29) is 0 Å². The van der Waals surface area contributed by atoms with Crippen LogP contribution in [0.2, 0.25) is 0 Å². The van der Waals surface area contributed by atoms with Gasteiger partial charge in [0, 0.05) is 30.4 Å². The molecule has 0 amide bonds. The van der Waals surface area contributed by atoms with Gasteiger partial charge < -0.3 is 10.3 Å². The first kappa shape index (κ1) is 18.5. The monoisotopic (exact) mass is 393 g/mol. The van der Waals surface area contributed by atoms with Gasteiger partial charge in [0.1, 0.15) is 11.8 Å². The first-order chi connectivity index (χ1) is 13.6. The van der Waals surface area contributed by atoms with Crippen LogP contribution in [-0.4, -0.2) is 34.8 Å². The summed E-state index contributed by atoms with van der Waals surface area (Å²) in [5, 5.41) is 0.999. The van der Waals surface area contributed by atoms with Crippen LogP contribution in [-0.2, 0) is 6.54 Å². The van der Waals surface area contributed by atoms with E-state index in [4.69, 9.17) is 5.73 Å². The number of aryl methyl sites for hydroxylation is 1. The standard InChI is InChI=1S/C20H23N7S/c1-14(2)15-4-6-16(7-5-15)27-10-8-22-20(27)28-11-3-9-26-13-25-17-18(21)23-12-24-19(17)26/h4-8,10,12-14H,3,9,11H2,1-2H3,(H2,21,23,24). The number of fused-ring (bicyclic) bond motifs is 1. The molecule has 0 saturated carbocycles. The third-order valence-electron chi connectivity index (χ3n) is 4.65. The second kappa shape index (κ2) is 8.02. The van der Waals surface area contributed by atoms with Crippen molar-refractivity contribution in [2.75, 3.05) is 11.5 Å². The SMILES string of the molecule is CC(C)c1ccc(-n2ccnc2SCCCn2cnc3c(N)ncnc32)cc1. The number of rotatable bonds is 7. The largest absolute Gasteiger partial charge is 0.382 e. The summed E-state index contributed by atoms with van der Waals surface area (Å²) in [5.74, 6) is 1.90. The summed E-state index contributed by atoms with van der Waals surface area (Å²) >= 11 is 1.75. The molecule has 144 valence electrons. The average Bonchev–Trinajstić information content (AvgIpc) is 3.33. The van der Waals surface area contributed by atoms with E-state index in [1.165, 1.54) is 11.9 Å². The van der Waals surface area contributed by atoms with Gasteiger partial charge in [-0.25, -0.2) is 19.9 Å². The molecule has 0 saturated heterocycles. The first-order valence-electron chi connectivity index (χ1n) is 9.31. The van der Waals surface area contributed by atoms with Crippen molar-refractivity contribution in [2.45, 2.75) is 37.9 Å². The van der Waals surface area contributed by atoms with Crippen molar-refractivity contribution in [3.8, 4) is 5.69 Å². The van der Waals surface area contributed by atoms with Crippen molar-refractivity contribution >= 4 is 28.7 Å². The number of benzene rings is 1. The number of hydrogen-bond acceptors (Lipinski definition) is 6. The molecule has 7 nitrogen and oxygen atoms in total. The van der Waals surface area contributed by atoms with Crippen LogP contribution in [0.15, 0.2) is 54.5 Å². The minimum absolute atomic E-state index is 0.420. The normalized spacial score (nSPS) is 11.5. The summed E-state index contributed by atoms with van der Waals surface area (Å²) in [6.45, 7) is 5.23. The third-order valence-corrected chi connectivity index (χ3v) is 5.70. The Labute approximate surface area is 168 Å². The topological polar surface area (TPSA) is 87.4 Å². The molecule has 0 bridgehead atoms. The Hall–Kier alpha value is -2.87. The highest BCUT2D eigenvalue weighted by Gasteiger charge is 2.09.